The van der Waals surface area contributed by atoms with Gasteiger partial charge in [-0.1, -0.05) is 54.6 Å². The van der Waals surface area contributed by atoms with Crippen molar-refractivity contribution in [2.24, 2.45) is 5.92 Å². The van der Waals surface area contributed by atoms with E-state index in [0.29, 0.717) is 18.6 Å². The van der Waals surface area contributed by atoms with Crippen molar-refractivity contribution in [1.29, 1.82) is 0 Å². The van der Waals surface area contributed by atoms with Gasteiger partial charge in [-0.15, -0.1) is 0 Å². The number of hydrogen-bond donors (Lipinski definition) is 2. The number of ether oxygens (including phenoxy) is 1. The van der Waals surface area contributed by atoms with E-state index in [4.69, 9.17) is 4.74 Å². The highest BCUT2D eigenvalue weighted by Crippen LogP contribution is 2.45. The highest BCUT2D eigenvalue weighted by atomic mass is 16.5. The van der Waals surface area contributed by atoms with Crippen LogP contribution in [0.4, 0.5) is 0 Å². The van der Waals surface area contributed by atoms with E-state index in [9.17, 15) is 5.11 Å². The first kappa shape index (κ1) is 18.7. The molecule has 5 rings (SSSR count). The molecule has 0 bridgehead atoms. The van der Waals surface area contributed by atoms with E-state index >= 15 is 0 Å². The van der Waals surface area contributed by atoms with Crippen LogP contribution >= 0.6 is 0 Å². The second kappa shape index (κ2) is 8.21. The smallest absolute Gasteiger partial charge is 0.0879 e. The molecular formula is C25H30N2O2. The molecule has 2 aromatic rings. The summed E-state index contributed by atoms with van der Waals surface area (Å²) in [4.78, 5) is 2.41. The van der Waals surface area contributed by atoms with Crippen molar-refractivity contribution < 1.29 is 9.84 Å². The second-order valence-electron chi connectivity index (χ2n) is 8.60. The summed E-state index contributed by atoms with van der Waals surface area (Å²) in [5, 5.41) is 14.4. The average molecular weight is 391 g/mol. The van der Waals surface area contributed by atoms with Gasteiger partial charge in [0, 0.05) is 11.8 Å². The Hall–Kier alpha value is -2.30. The maximum absolute atomic E-state index is 11.1. The molecule has 4 nitrogen and oxygen atoms in total. The van der Waals surface area contributed by atoms with Gasteiger partial charge in [-0.2, -0.15) is 0 Å². The lowest BCUT2D eigenvalue weighted by Gasteiger charge is -2.34. The summed E-state index contributed by atoms with van der Waals surface area (Å²) in [6.07, 6.45) is 7.17. The largest absolute Gasteiger partial charge is 0.393 e. The van der Waals surface area contributed by atoms with Crippen molar-refractivity contribution in [2.45, 2.75) is 57.0 Å². The Kier molecular flexibility index (Phi) is 5.30. The van der Waals surface area contributed by atoms with E-state index in [2.05, 4.69) is 64.9 Å². The van der Waals surface area contributed by atoms with Crippen LogP contribution in [0.5, 0.6) is 0 Å². The number of benzene rings is 2. The quantitative estimate of drug-likeness (QED) is 0.766. The zero-order chi connectivity index (χ0) is 19.6. The maximum Gasteiger partial charge on any atom is 0.0879 e. The lowest BCUT2D eigenvalue weighted by Crippen LogP contribution is -2.33. The summed E-state index contributed by atoms with van der Waals surface area (Å²) >= 11 is 0. The molecule has 2 aromatic carbocycles. The number of rotatable bonds is 6. The SMILES string of the molecule is OC(CC1c2ccccc2C2=CNCN21)C1CCC(OCc2ccccc2)CC1. The third kappa shape index (κ3) is 3.79. The van der Waals surface area contributed by atoms with Crippen molar-refractivity contribution in [3.8, 4) is 0 Å². The van der Waals surface area contributed by atoms with Gasteiger partial charge in [0.15, 0.2) is 0 Å². The predicted molar refractivity (Wildman–Crippen MR) is 115 cm³/mol. The minimum absolute atomic E-state index is 0.261. The summed E-state index contributed by atoms with van der Waals surface area (Å²) in [6.45, 7) is 1.52. The molecule has 4 heteroatoms. The number of aliphatic hydroxyl groups is 1. The van der Waals surface area contributed by atoms with E-state index in [0.717, 1.165) is 38.8 Å². The van der Waals surface area contributed by atoms with Gasteiger partial charge in [-0.05, 0) is 49.1 Å². The van der Waals surface area contributed by atoms with Gasteiger partial charge in [0.05, 0.1) is 37.2 Å². The Balaban J connectivity index is 1.16. The Bertz CT molecular complexity index is 858. The maximum atomic E-state index is 11.1. The molecule has 0 radical (unpaired) electrons. The normalized spacial score (nSPS) is 26.4. The molecule has 2 unspecified atom stereocenters. The van der Waals surface area contributed by atoms with Gasteiger partial charge < -0.3 is 20.1 Å². The van der Waals surface area contributed by atoms with Gasteiger partial charge in [0.25, 0.3) is 0 Å². The highest BCUT2D eigenvalue weighted by molar-refractivity contribution is 5.73. The molecule has 0 amide bonds. The monoisotopic (exact) mass is 390 g/mol. The topological polar surface area (TPSA) is 44.7 Å². The van der Waals surface area contributed by atoms with E-state index in [1.807, 2.05) is 6.07 Å². The molecule has 2 aliphatic heterocycles. The van der Waals surface area contributed by atoms with Crippen LogP contribution in [0.3, 0.4) is 0 Å². The molecule has 2 N–H and O–H groups in total. The van der Waals surface area contributed by atoms with Crippen molar-refractivity contribution >= 4 is 5.70 Å². The first-order chi connectivity index (χ1) is 14.3. The lowest BCUT2D eigenvalue weighted by atomic mass is 9.81. The van der Waals surface area contributed by atoms with E-state index in [1.54, 1.807) is 0 Å². The number of fused-ring (bicyclic) bond motifs is 3. The number of nitrogens with zero attached hydrogens (tertiary/aromatic N) is 1. The number of aliphatic hydroxyl groups excluding tert-OH is 1. The first-order valence-electron chi connectivity index (χ1n) is 10.9. The van der Waals surface area contributed by atoms with Gasteiger partial charge in [0.1, 0.15) is 0 Å². The molecule has 0 spiro atoms. The Labute approximate surface area is 173 Å². The fourth-order valence-electron chi connectivity index (χ4n) is 5.21. The average Bonchev–Trinajstić information content (AvgIpc) is 3.36. The molecule has 2 heterocycles. The molecule has 152 valence electrons. The molecule has 29 heavy (non-hydrogen) atoms. The Morgan fingerprint density at radius 2 is 1.76 bits per heavy atom. The van der Waals surface area contributed by atoms with Gasteiger partial charge >= 0.3 is 0 Å². The zero-order valence-corrected chi connectivity index (χ0v) is 16.8. The summed E-state index contributed by atoms with van der Waals surface area (Å²) in [6, 6.07) is 19.3. The first-order valence-corrected chi connectivity index (χ1v) is 10.9. The number of nitrogens with one attached hydrogen (secondary N) is 1. The van der Waals surface area contributed by atoms with Gasteiger partial charge in [-0.25, -0.2) is 0 Å². The molecule has 2 atom stereocenters. The van der Waals surface area contributed by atoms with Crippen molar-refractivity contribution in [3.05, 3.63) is 77.5 Å². The van der Waals surface area contributed by atoms with Crippen molar-refractivity contribution in [3.63, 3.8) is 0 Å². The number of hydrogen-bond acceptors (Lipinski definition) is 4. The molecular weight excluding hydrogens is 360 g/mol. The van der Waals surface area contributed by atoms with Crippen LogP contribution in [0.15, 0.2) is 60.8 Å². The summed E-state index contributed by atoms with van der Waals surface area (Å²) in [7, 11) is 0. The summed E-state index contributed by atoms with van der Waals surface area (Å²) in [5.74, 6) is 0.377. The fraction of sp³-hybridized carbons (Fsp3) is 0.440. The van der Waals surface area contributed by atoms with E-state index in [1.165, 1.54) is 22.4 Å². The van der Waals surface area contributed by atoms with Crippen LogP contribution in [-0.2, 0) is 11.3 Å². The second-order valence-corrected chi connectivity index (χ2v) is 8.60. The van der Waals surface area contributed by atoms with Crippen LogP contribution in [0.25, 0.3) is 5.70 Å². The zero-order valence-electron chi connectivity index (χ0n) is 16.8. The summed E-state index contributed by atoms with van der Waals surface area (Å²) in [5.41, 5.74) is 5.18. The highest BCUT2D eigenvalue weighted by Gasteiger charge is 2.38. The minimum atomic E-state index is -0.261. The molecule has 1 fully saturated rings. The molecule has 0 saturated heterocycles. The van der Waals surface area contributed by atoms with Crippen molar-refractivity contribution in [1.82, 2.24) is 10.2 Å². The predicted octanol–water partition coefficient (Wildman–Crippen LogP) is 4.43. The third-order valence-corrected chi connectivity index (χ3v) is 6.84. The fourth-order valence-corrected chi connectivity index (χ4v) is 5.21. The lowest BCUT2D eigenvalue weighted by molar-refractivity contribution is -0.0180. The van der Waals surface area contributed by atoms with Gasteiger partial charge in [0.2, 0.25) is 0 Å². The summed E-state index contributed by atoms with van der Waals surface area (Å²) < 4.78 is 6.13. The van der Waals surface area contributed by atoms with Crippen molar-refractivity contribution in [2.75, 3.05) is 6.67 Å². The standard InChI is InChI=1S/C25H30N2O2/c28-25(14-23-21-8-4-5-9-22(21)24-15-26-17-27(23)24)19-10-12-20(13-11-19)29-16-18-6-2-1-3-7-18/h1-9,15,19-20,23,25-26,28H,10-14,16-17H2. The van der Waals surface area contributed by atoms with Crippen LogP contribution in [0, 0.1) is 5.92 Å². The van der Waals surface area contributed by atoms with E-state index < -0.39 is 0 Å². The molecule has 0 aromatic heterocycles. The Morgan fingerprint density at radius 1 is 1.00 bits per heavy atom. The molecule has 1 saturated carbocycles. The Morgan fingerprint density at radius 3 is 2.59 bits per heavy atom. The molecule has 3 aliphatic rings. The van der Waals surface area contributed by atoms with Crippen LogP contribution in [-0.4, -0.2) is 28.9 Å². The van der Waals surface area contributed by atoms with Crippen LogP contribution in [0.2, 0.25) is 0 Å². The molecule has 1 aliphatic carbocycles. The van der Waals surface area contributed by atoms with Gasteiger partial charge in [-0.3, -0.25) is 0 Å². The van der Waals surface area contributed by atoms with E-state index in [-0.39, 0.29) is 12.1 Å². The minimum Gasteiger partial charge on any atom is -0.393 e. The van der Waals surface area contributed by atoms with Crippen LogP contribution in [0.1, 0.15) is 54.8 Å². The van der Waals surface area contributed by atoms with Crippen LogP contribution < -0.4 is 5.32 Å². The third-order valence-electron chi connectivity index (χ3n) is 6.84.